The third-order valence-corrected chi connectivity index (χ3v) is 3.92. The zero-order valence-electron chi connectivity index (χ0n) is 10.7. The van der Waals surface area contributed by atoms with E-state index in [1.54, 1.807) is 18.5 Å². The minimum absolute atomic E-state index is 0.0828. The highest BCUT2D eigenvalue weighted by atomic mass is 32.2. The fourth-order valence-corrected chi connectivity index (χ4v) is 2.81. The minimum atomic E-state index is -0.414. The molecule has 0 atom stereocenters. The summed E-state index contributed by atoms with van der Waals surface area (Å²) in [6, 6.07) is 6.46. The Labute approximate surface area is 123 Å². The van der Waals surface area contributed by atoms with Gasteiger partial charge in [0.2, 0.25) is 0 Å². The summed E-state index contributed by atoms with van der Waals surface area (Å²) in [7, 11) is 0. The summed E-state index contributed by atoms with van der Waals surface area (Å²) < 4.78 is 0. The molecule has 0 aliphatic heterocycles. The maximum absolute atomic E-state index is 10.6. The zero-order valence-corrected chi connectivity index (χ0v) is 11.6. The van der Waals surface area contributed by atoms with E-state index >= 15 is 0 Å². The number of hydrogen-bond acceptors (Lipinski definition) is 6. The number of aromatic nitrogens is 4. The second-order valence-electron chi connectivity index (χ2n) is 4.26. The smallest absolute Gasteiger partial charge is 0.339 e. The van der Waals surface area contributed by atoms with Gasteiger partial charge in [0.15, 0.2) is 5.03 Å². The van der Waals surface area contributed by atoms with Crippen molar-refractivity contribution in [2.45, 2.75) is 10.8 Å². The lowest BCUT2D eigenvalue weighted by Crippen LogP contribution is -2.15. The van der Waals surface area contributed by atoms with Gasteiger partial charge in [0.05, 0.1) is 11.3 Å². The Morgan fingerprint density at radius 3 is 2.86 bits per heavy atom. The third-order valence-electron chi connectivity index (χ3n) is 2.84. The first-order chi connectivity index (χ1) is 10.1. The van der Waals surface area contributed by atoms with Crippen LogP contribution in [0, 0.1) is 10.1 Å². The molecular weight excluding hydrogens is 292 g/mol. The Balaban J connectivity index is 1.80. The van der Waals surface area contributed by atoms with Crippen LogP contribution in [0.2, 0.25) is 0 Å². The molecule has 0 spiro atoms. The standard InChI is InChI=1S/C12H10N6O2S/c13-12-16-10-9(14-6-15-10)11(17-12)21-5-7-1-3-8(4-2-7)18(19)20/h1-4,6H,5H2,(H3,13,14,15,16,17)/p+1. The molecule has 4 N–H and O–H groups in total. The molecule has 0 fully saturated rings. The predicted molar refractivity (Wildman–Crippen MR) is 77.5 cm³/mol. The maximum atomic E-state index is 10.6. The number of aromatic amines is 2. The monoisotopic (exact) mass is 303 g/mol. The lowest BCUT2D eigenvalue weighted by molar-refractivity contribution is -0.410. The molecule has 21 heavy (non-hydrogen) atoms. The molecule has 0 aliphatic rings. The van der Waals surface area contributed by atoms with E-state index in [2.05, 4.69) is 19.9 Å². The summed E-state index contributed by atoms with van der Waals surface area (Å²) in [5, 5.41) is 11.4. The van der Waals surface area contributed by atoms with Crippen LogP contribution in [-0.4, -0.2) is 19.9 Å². The Morgan fingerprint density at radius 2 is 2.14 bits per heavy atom. The number of imidazole rings is 1. The second-order valence-corrected chi connectivity index (χ2v) is 5.25. The molecule has 3 aromatic rings. The van der Waals surface area contributed by atoms with E-state index in [1.807, 2.05) is 0 Å². The van der Waals surface area contributed by atoms with Crippen molar-refractivity contribution < 1.29 is 9.91 Å². The van der Waals surface area contributed by atoms with Crippen molar-refractivity contribution in [2.24, 2.45) is 0 Å². The van der Waals surface area contributed by atoms with Crippen molar-refractivity contribution in [3.05, 3.63) is 46.3 Å². The fourth-order valence-electron chi connectivity index (χ4n) is 1.84. The van der Waals surface area contributed by atoms with Gasteiger partial charge in [-0.1, -0.05) is 23.9 Å². The highest BCUT2D eigenvalue weighted by molar-refractivity contribution is 7.98. The van der Waals surface area contributed by atoms with E-state index < -0.39 is 4.92 Å². The van der Waals surface area contributed by atoms with Crippen molar-refractivity contribution in [2.75, 3.05) is 5.73 Å². The Bertz CT molecular complexity index is 801. The number of thioether (sulfide) groups is 1. The number of H-pyrrole nitrogens is 2. The van der Waals surface area contributed by atoms with Gasteiger partial charge in [-0.15, -0.1) is 0 Å². The molecule has 8 nitrogen and oxygen atoms in total. The predicted octanol–water partition coefficient (Wildman–Crippen LogP) is 1.55. The number of nitro benzene ring substituents is 1. The molecule has 3 rings (SSSR count). The number of nitro groups is 1. The average molecular weight is 303 g/mol. The number of nitrogen functional groups attached to an aromatic ring is 1. The van der Waals surface area contributed by atoms with Gasteiger partial charge in [-0.25, -0.2) is 9.97 Å². The molecule has 9 heteroatoms. The largest absolute Gasteiger partial charge is 0.390 e. The van der Waals surface area contributed by atoms with Crippen molar-refractivity contribution in [1.29, 1.82) is 0 Å². The third kappa shape index (κ3) is 2.77. The van der Waals surface area contributed by atoms with Crippen LogP contribution >= 0.6 is 11.8 Å². The van der Waals surface area contributed by atoms with Gasteiger partial charge >= 0.3 is 5.95 Å². The van der Waals surface area contributed by atoms with E-state index in [0.29, 0.717) is 17.3 Å². The SMILES string of the molecule is Nc1nc2nc[nH]c2c(SCc2ccc([N+](=O)[O-])cc2)[nH+]1. The molecule has 0 unspecified atom stereocenters. The average Bonchev–Trinajstić information content (AvgIpc) is 2.93. The molecule has 0 aliphatic carbocycles. The summed E-state index contributed by atoms with van der Waals surface area (Å²) in [5.74, 6) is 0.937. The van der Waals surface area contributed by atoms with Crippen LogP contribution in [0.5, 0.6) is 0 Å². The van der Waals surface area contributed by atoms with E-state index in [9.17, 15) is 10.1 Å². The van der Waals surface area contributed by atoms with Crippen LogP contribution in [0.3, 0.4) is 0 Å². The van der Waals surface area contributed by atoms with Gasteiger partial charge in [-0.05, 0) is 10.5 Å². The molecule has 0 saturated carbocycles. The van der Waals surface area contributed by atoms with Crippen molar-refractivity contribution in [1.82, 2.24) is 15.0 Å². The van der Waals surface area contributed by atoms with Gasteiger partial charge in [0.1, 0.15) is 5.52 Å². The lowest BCUT2D eigenvalue weighted by Gasteiger charge is -2.01. The maximum Gasteiger partial charge on any atom is 0.390 e. The molecular formula is C12H11N6O2S+. The first-order valence-corrected chi connectivity index (χ1v) is 7.00. The van der Waals surface area contributed by atoms with Gasteiger partial charge in [0, 0.05) is 17.9 Å². The lowest BCUT2D eigenvalue weighted by atomic mass is 10.2. The van der Waals surface area contributed by atoms with Gasteiger partial charge in [-0.2, -0.15) is 0 Å². The number of hydrogen-bond donors (Lipinski definition) is 2. The molecule has 0 amide bonds. The Morgan fingerprint density at radius 1 is 1.38 bits per heavy atom. The highest BCUT2D eigenvalue weighted by Crippen LogP contribution is 2.25. The summed E-state index contributed by atoms with van der Waals surface area (Å²) in [6.45, 7) is 0. The molecule has 0 saturated heterocycles. The quantitative estimate of drug-likeness (QED) is 0.326. The van der Waals surface area contributed by atoms with E-state index in [0.717, 1.165) is 16.1 Å². The first-order valence-electron chi connectivity index (χ1n) is 6.01. The summed E-state index contributed by atoms with van der Waals surface area (Å²) >= 11 is 1.52. The molecule has 106 valence electrons. The number of non-ortho nitro benzene ring substituents is 1. The number of nitrogens with zero attached hydrogens (tertiary/aromatic N) is 3. The first kappa shape index (κ1) is 13.3. The van der Waals surface area contributed by atoms with Crippen LogP contribution in [0.1, 0.15) is 5.56 Å². The van der Waals surface area contributed by atoms with E-state index in [-0.39, 0.29) is 5.69 Å². The second kappa shape index (κ2) is 5.37. The number of nitrogens with two attached hydrogens (primary N) is 1. The van der Waals surface area contributed by atoms with Crippen LogP contribution in [-0.2, 0) is 5.75 Å². The topological polar surface area (TPSA) is 125 Å². The van der Waals surface area contributed by atoms with Crippen molar-refractivity contribution >= 4 is 34.6 Å². The Hall–Kier alpha value is -2.68. The van der Waals surface area contributed by atoms with E-state index in [1.165, 1.54) is 23.9 Å². The highest BCUT2D eigenvalue weighted by Gasteiger charge is 2.14. The number of fused-ring (bicyclic) bond motifs is 1. The van der Waals surface area contributed by atoms with Crippen LogP contribution in [0.4, 0.5) is 11.6 Å². The summed E-state index contributed by atoms with van der Waals surface area (Å²) in [5.41, 5.74) is 8.10. The van der Waals surface area contributed by atoms with Crippen LogP contribution < -0.4 is 10.7 Å². The molecule has 2 heterocycles. The van der Waals surface area contributed by atoms with Gasteiger partial charge < -0.3 is 4.98 Å². The number of benzene rings is 1. The van der Waals surface area contributed by atoms with Gasteiger partial charge in [-0.3, -0.25) is 15.8 Å². The molecule has 0 radical (unpaired) electrons. The summed E-state index contributed by atoms with van der Waals surface area (Å²) in [4.78, 5) is 24.3. The minimum Gasteiger partial charge on any atom is -0.339 e. The van der Waals surface area contributed by atoms with Crippen LogP contribution in [0.15, 0.2) is 35.6 Å². The Kier molecular flexibility index (Phi) is 3.40. The molecule has 2 aromatic heterocycles. The molecule has 1 aromatic carbocycles. The zero-order chi connectivity index (χ0) is 14.8. The normalized spacial score (nSPS) is 10.9. The fraction of sp³-hybridized carbons (Fsp3) is 0.0833. The summed E-state index contributed by atoms with van der Waals surface area (Å²) in [6.07, 6.45) is 1.56. The molecule has 0 bridgehead atoms. The number of rotatable bonds is 4. The van der Waals surface area contributed by atoms with Crippen molar-refractivity contribution in [3.63, 3.8) is 0 Å². The van der Waals surface area contributed by atoms with Crippen molar-refractivity contribution in [3.8, 4) is 0 Å². The number of nitrogens with one attached hydrogen (secondary N) is 2. The number of anilines is 1. The van der Waals surface area contributed by atoms with Gasteiger partial charge in [0.25, 0.3) is 11.3 Å². The van der Waals surface area contributed by atoms with E-state index in [4.69, 9.17) is 5.73 Å². The van der Waals surface area contributed by atoms with Crippen LogP contribution in [0.25, 0.3) is 11.2 Å².